The minimum absolute atomic E-state index is 0.368. The molecular weight excluding hydrogens is 322 g/mol. The lowest BCUT2D eigenvalue weighted by molar-refractivity contribution is -0.142. The summed E-state index contributed by atoms with van der Waals surface area (Å²) in [6.07, 6.45) is 2.77. The highest BCUT2D eigenvalue weighted by molar-refractivity contribution is 5.94. The van der Waals surface area contributed by atoms with Crippen LogP contribution in [0.15, 0.2) is 54.6 Å². The zero-order valence-electron chi connectivity index (χ0n) is 14.0. The van der Waals surface area contributed by atoms with Gasteiger partial charge in [0.1, 0.15) is 0 Å². The number of ether oxygens (including phenoxy) is 3. The highest BCUT2D eigenvalue weighted by Gasteiger charge is 2.08. The van der Waals surface area contributed by atoms with Crippen LogP contribution in [0, 0.1) is 0 Å². The second kappa shape index (κ2) is 9.12. The van der Waals surface area contributed by atoms with Crippen molar-refractivity contribution in [1.82, 2.24) is 0 Å². The molecule has 130 valence electrons. The number of anilines is 1. The second-order valence-corrected chi connectivity index (χ2v) is 4.94. The molecule has 1 amide bonds. The SMILES string of the molecule is COc1cccc(/C=C/C(=O)OCC(=O)Nc2ccccc2)c1OC. The number of rotatable bonds is 7. The Morgan fingerprint density at radius 1 is 1.00 bits per heavy atom. The Kier molecular flexibility index (Phi) is 6.59. The number of methoxy groups -OCH3 is 2. The molecule has 0 saturated carbocycles. The molecule has 2 aromatic carbocycles. The quantitative estimate of drug-likeness (QED) is 0.619. The predicted octanol–water partition coefficient (Wildman–Crippen LogP) is 2.90. The molecule has 2 aromatic rings. The van der Waals surface area contributed by atoms with Crippen molar-refractivity contribution in [3.05, 3.63) is 60.2 Å². The standard InChI is InChI=1S/C19H19NO5/c1-23-16-10-6-7-14(19(16)24-2)11-12-18(22)25-13-17(21)20-15-8-4-3-5-9-15/h3-12H,13H2,1-2H3,(H,20,21)/b12-11+. The van der Waals surface area contributed by atoms with Gasteiger partial charge in [-0.15, -0.1) is 0 Å². The van der Waals surface area contributed by atoms with Crippen LogP contribution in [0.1, 0.15) is 5.56 Å². The minimum atomic E-state index is -0.631. The van der Waals surface area contributed by atoms with Crippen molar-refractivity contribution in [2.24, 2.45) is 0 Å². The van der Waals surface area contributed by atoms with Crippen LogP contribution in [-0.4, -0.2) is 32.7 Å². The van der Waals surface area contributed by atoms with E-state index in [0.717, 1.165) is 0 Å². The Morgan fingerprint density at radius 2 is 1.76 bits per heavy atom. The average Bonchev–Trinajstić information content (AvgIpc) is 2.65. The fourth-order valence-corrected chi connectivity index (χ4v) is 2.10. The molecule has 0 spiro atoms. The van der Waals surface area contributed by atoms with E-state index in [4.69, 9.17) is 14.2 Å². The van der Waals surface area contributed by atoms with Crippen LogP contribution in [0.3, 0.4) is 0 Å². The van der Waals surface area contributed by atoms with E-state index >= 15 is 0 Å². The number of para-hydroxylation sites is 2. The van der Waals surface area contributed by atoms with E-state index in [1.54, 1.807) is 48.5 Å². The Labute approximate surface area is 146 Å². The van der Waals surface area contributed by atoms with Gasteiger partial charge in [0.05, 0.1) is 14.2 Å². The van der Waals surface area contributed by atoms with Crippen LogP contribution >= 0.6 is 0 Å². The normalized spacial score (nSPS) is 10.3. The molecule has 6 heteroatoms. The number of benzene rings is 2. The van der Waals surface area contributed by atoms with Gasteiger partial charge in [-0.05, 0) is 24.3 Å². The summed E-state index contributed by atoms with van der Waals surface area (Å²) in [5.74, 6) is 0.0242. The lowest BCUT2D eigenvalue weighted by Gasteiger charge is -2.09. The van der Waals surface area contributed by atoms with Gasteiger partial charge in [-0.1, -0.05) is 30.3 Å². The van der Waals surface area contributed by atoms with E-state index in [0.29, 0.717) is 22.7 Å². The van der Waals surface area contributed by atoms with Crippen molar-refractivity contribution in [3.63, 3.8) is 0 Å². The number of carbonyl (C=O) groups is 2. The van der Waals surface area contributed by atoms with Gasteiger partial charge in [0, 0.05) is 17.3 Å². The monoisotopic (exact) mass is 341 g/mol. The summed E-state index contributed by atoms with van der Waals surface area (Å²) in [5.41, 5.74) is 1.30. The van der Waals surface area contributed by atoms with Gasteiger partial charge in [0.2, 0.25) is 0 Å². The van der Waals surface area contributed by atoms with Crippen molar-refractivity contribution in [3.8, 4) is 11.5 Å². The number of esters is 1. The Hall–Kier alpha value is -3.28. The third kappa shape index (κ3) is 5.39. The van der Waals surface area contributed by atoms with Crippen LogP contribution in [-0.2, 0) is 14.3 Å². The highest BCUT2D eigenvalue weighted by atomic mass is 16.5. The van der Waals surface area contributed by atoms with Crippen LogP contribution in [0.25, 0.3) is 6.08 Å². The fraction of sp³-hybridized carbons (Fsp3) is 0.158. The van der Waals surface area contributed by atoms with E-state index in [9.17, 15) is 9.59 Å². The maximum absolute atomic E-state index is 11.8. The molecule has 0 atom stereocenters. The van der Waals surface area contributed by atoms with E-state index in [1.807, 2.05) is 6.07 Å². The van der Waals surface area contributed by atoms with E-state index < -0.39 is 11.9 Å². The predicted molar refractivity (Wildman–Crippen MR) is 94.6 cm³/mol. The molecule has 1 N–H and O–H groups in total. The topological polar surface area (TPSA) is 73.9 Å². The van der Waals surface area contributed by atoms with Crippen LogP contribution < -0.4 is 14.8 Å². The van der Waals surface area contributed by atoms with Crippen molar-refractivity contribution in [2.75, 3.05) is 26.1 Å². The maximum atomic E-state index is 11.8. The van der Waals surface area contributed by atoms with Gasteiger partial charge >= 0.3 is 5.97 Å². The van der Waals surface area contributed by atoms with E-state index in [1.165, 1.54) is 20.3 Å². The molecule has 0 aromatic heterocycles. The zero-order chi connectivity index (χ0) is 18.1. The molecule has 0 aliphatic rings. The number of carbonyl (C=O) groups excluding carboxylic acids is 2. The molecule has 0 aliphatic carbocycles. The third-order valence-electron chi connectivity index (χ3n) is 3.24. The van der Waals surface area contributed by atoms with E-state index in [2.05, 4.69) is 5.32 Å². The molecule has 2 rings (SSSR count). The van der Waals surface area contributed by atoms with Crippen molar-refractivity contribution < 1.29 is 23.8 Å². The Morgan fingerprint density at radius 3 is 2.44 bits per heavy atom. The first kappa shape index (κ1) is 18.1. The largest absolute Gasteiger partial charge is 0.493 e. The smallest absolute Gasteiger partial charge is 0.331 e. The lowest BCUT2D eigenvalue weighted by atomic mass is 10.1. The Bertz CT molecular complexity index is 756. The highest BCUT2D eigenvalue weighted by Crippen LogP contribution is 2.31. The summed E-state index contributed by atoms with van der Waals surface area (Å²) >= 11 is 0. The summed E-state index contributed by atoms with van der Waals surface area (Å²) in [6.45, 7) is -0.368. The first-order chi connectivity index (χ1) is 12.1. The van der Waals surface area contributed by atoms with Gasteiger partial charge in [0.15, 0.2) is 18.1 Å². The molecule has 0 radical (unpaired) electrons. The molecule has 25 heavy (non-hydrogen) atoms. The number of amides is 1. The fourth-order valence-electron chi connectivity index (χ4n) is 2.10. The summed E-state index contributed by atoms with van der Waals surface area (Å²) in [4.78, 5) is 23.5. The van der Waals surface area contributed by atoms with E-state index in [-0.39, 0.29) is 6.61 Å². The minimum Gasteiger partial charge on any atom is -0.493 e. The molecule has 0 fully saturated rings. The zero-order valence-corrected chi connectivity index (χ0v) is 14.0. The molecule has 0 saturated heterocycles. The van der Waals surface area contributed by atoms with Crippen molar-refractivity contribution in [1.29, 1.82) is 0 Å². The van der Waals surface area contributed by atoms with Gasteiger partial charge in [-0.2, -0.15) is 0 Å². The first-order valence-corrected chi connectivity index (χ1v) is 7.54. The summed E-state index contributed by atoms with van der Waals surface area (Å²) in [5, 5.41) is 2.63. The third-order valence-corrected chi connectivity index (χ3v) is 3.24. The maximum Gasteiger partial charge on any atom is 0.331 e. The molecule has 0 unspecified atom stereocenters. The molecule has 0 bridgehead atoms. The van der Waals surface area contributed by atoms with Gasteiger partial charge in [-0.25, -0.2) is 4.79 Å². The lowest BCUT2D eigenvalue weighted by Crippen LogP contribution is -2.20. The van der Waals surface area contributed by atoms with Gasteiger partial charge in [-0.3, -0.25) is 4.79 Å². The molecule has 0 aliphatic heterocycles. The molecule has 6 nitrogen and oxygen atoms in total. The van der Waals surface area contributed by atoms with Crippen LogP contribution in [0.2, 0.25) is 0 Å². The molecule has 0 heterocycles. The number of nitrogens with one attached hydrogen (secondary N) is 1. The van der Waals surface area contributed by atoms with Crippen molar-refractivity contribution >= 4 is 23.6 Å². The molecular formula is C19H19NO5. The van der Waals surface area contributed by atoms with Crippen LogP contribution in [0.4, 0.5) is 5.69 Å². The average molecular weight is 341 g/mol. The summed E-state index contributed by atoms with van der Waals surface area (Å²) < 4.78 is 15.4. The van der Waals surface area contributed by atoms with Crippen LogP contribution in [0.5, 0.6) is 11.5 Å². The van der Waals surface area contributed by atoms with Gasteiger partial charge in [0.25, 0.3) is 5.91 Å². The summed E-state index contributed by atoms with van der Waals surface area (Å²) in [7, 11) is 3.05. The first-order valence-electron chi connectivity index (χ1n) is 7.54. The Balaban J connectivity index is 1.90. The number of hydrogen-bond donors (Lipinski definition) is 1. The van der Waals surface area contributed by atoms with Gasteiger partial charge < -0.3 is 19.5 Å². The van der Waals surface area contributed by atoms with Crippen molar-refractivity contribution in [2.45, 2.75) is 0 Å². The second-order valence-electron chi connectivity index (χ2n) is 4.94. The summed E-state index contributed by atoms with van der Waals surface area (Å²) in [6, 6.07) is 14.2. The number of hydrogen-bond acceptors (Lipinski definition) is 5.